The van der Waals surface area contributed by atoms with E-state index < -0.39 is 5.91 Å². The number of amides is 1. The zero-order valence-corrected chi connectivity index (χ0v) is 15.5. The van der Waals surface area contributed by atoms with Gasteiger partial charge in [0.15, 0.2) is 5.76 Å². The van der Waals surface area contributed by atoms with E-state index in [1.54, 1.807) is 36.4 Å². The summed E-state index contributed by atoms with van der Waals surface area (Å²) in [6, 6.07) is 13.6. The van der Waals surface area contributed by atoms with Crippen molar-refractivity contribution in [1.29, 1.82) is 0 Å². The second-order valence-electron chi connectivity index (χ2n) is 5.31. The van der Waals surface area contributed by atoms with Crippen LogP contribution in [-0.4, -0.2) is 20.1 Å². The fourth-order valence-corrected chi connectivity index (χ4v) is 2.73. The first-order chi connectivity index (χ1) is 12.5. The third-order valence-electron chi connectivity index (χ3n) is 3.68. The fraction of sp³-hybridized carbons (Fsp3) is 0.105. The van der Waals surface area contributed by atoms with Gasteiger partial charge in [-0.15, -0.1) is 0 Å². The van der Waals surface area contributed by atoms with E-state index in [2.05, 4.69) is 5.32 Å². The molecule has 0 radical (unpaired) electrons. The van der Waals surface area contributed by atoms with Gasteiger partial charge in [0.2, 0.25) is 0 Å². The molecule has 0 spiro atoms. The Kier molecular flexibility index (Phi) is 5.40. The second-order valence-corrected chi connectivity index (χ2v) is 6.16. The lowest BCUT2D eigenvalue weighted by molar-refractivity contribution is 0.0997. The van der Waals surface area contributed by atoms with Crippen molar-refractivity contribution in [2.45, 2.75) is 0 Å². The van der Waals surface area contributed by atoms with Crippen molar-refractivity contribution in [3.63, 3.8) is 0 Å². The van der Waals surface area contributed by atoms with Gasteiger partial charge in [0, 0.05) is 22.7 Å². The number of rotatable bonds is 5. The Morgan fingerprint density at radius 2 is 1.65 bits per heavy atom. The van der Waals surface area contributed by atoms with E-state index in [1.807, 2.05) is 12.1 Å². The van der Waals surface area contributed by atoms with Crippen molar-refractivity contribution in [3.8, 4) is 22.8 Å². The Morgan fingerprint density at radius 3 is 2.31 bits per heavy atom. The summed E-state index contributed by atoms with van der Waals surface area (Å²) >= 11 is 12.0. The number of halogens is 2. The van der Waals surface area contributed by atoms with Gasteiger partial charge >= 0.3 is 0 Å². The maximum Gasteiger partial charge on any atom is 0.291 e. The SMILES string of the molecule is COc1cc(NC(=O)c2ccc(-c3ccc(Cl)cc3)o2)c(OC)cc1Cl. The molecule has 26 heavy (non-hydrogen) atoms. The summed E-state index contributed by atoms with van der Waals surface area (Å²) in [5, 5.41) is 3.74. The number of hydrogen-bond acceptors (Lipinski definition) is 4. The highest BCUT2D eigenvalue weighted by molar-refractivity contribution is 6.32. The van der Waals surface area contributed by atoms with E-state index in [1.165, 1.54) is 14.2 Å². The first kappa shape index (κ1) is 18.2. The van der Waals surface area contributed by atoms with Crippen molar-refractivity contribution in [2.75, 3.05) is 19.5 Å². The van der Waals surface area contributed by atoms with Crippen LogP contribution in [0, 0.1) is 0 Å². The van der Waals surface area contributed by atoms with Crippen LogP contribution in [-0.2, 0) is 0 Å². The molecule has 0 bridgehead atoms. The van der Waals surface area contributed by atoms with Crippen LogP contribution >= 0.6 is 23.2 Å². The first-order valence-electron chi connectivity index (χ1n) is 7.60. The van der Waals surface area contributed by atoms with Crippen molar-refractivity contribution in [3.05, 3.63) is 64.3 Å². The molecule has 1 aromatic heterocycles. The molecule has 3 aromatic rings. The highest BCUT2D eigenvalue weighted by Crippen LogP contribution is 2.36. The quantitative estimate of drug-likeness (QED) is 0.621. The van der Waals surface area contributed by atoms with Gasteiger partial charge in [-0.05, 0) is 36.4 Å². The van der Waals surface area contributed by atoms with Gasteiger partial charge in [-0.1, -0.05) is 23.2 Å². The number of methoxy groups -OCH3 is 2. The average Bonchev–Trinajstić information content (AvgIpc) is 3.13. The molecule has 0 aliphatic carbocycles. The number of benzene rings is 2. The monoisotopic (exact) mass is 391 g/mol. The van der Waals surface area contributed by atoms with Gasteiger partial charge in [-0.3, -0.25) is 4.79 Å². The number of hydrogen-bond donors (Lipinski definition) is 1. The van der Waals surface area contributed by atoms with Crippen LogP contribution in [0.5, 0.6) is 11.5 Å². The Labute approximate surface area is 160 Å². The van der Waals surface area contributed by atoms with Crippen LogP contribution < -0.4 is 14.8 Å². The molecule has 0 aliphatic rings. The van der Waals surface area contributed by atoms with Gasteiger partial charge in [-0.25, -0.2) is 0 Å². The molecule has 5 nitrogen and oxygen atoms in total. The lowest BCUT2D eigenvalue weighted by Crippen LogP contribution is -2.12. The maximum atomic E-state index is 12.5. The van der Waals surface area contributed by atoms with E-state index in [0.29, 0.717) is 33.0 Å². The highest BCUT2D eigenvalue weighted by atomic mass is 35.5. The van der Waals surface area contributed by atoms with Crippen LogP contribution in [0.2, 0.25) is 10.0 Å². The molecule has 7 heteroatoms. The largest absolute Gasteiger partial charge is 0.495 e. The predicted molar refractivity (Wildman–Crippen MR) is 102 cm³/mol. The van der Waals surface area contributed by atoms with Gasteiger partial charge in [0.1, 0.15) is 17.3 Å². The molecular weight excluding hydrogens is 377 g/mol. The molecule has 1 amide bonds. The summed E-state index contributed by atoms with van der Waals surface area (Å²) in [5.41, 5.74) is 1.24. The fourth-order valence-electron chi connectivity index (χ4n) is 2.37. The molecule has 0 saturated heterocycles. The van der Waals surface area contributed by atoms with Crippen LogP contribution in [0.3, 0.4) is 0 Å². The Morgan fingerprint density at radius 1 is 0.962 bits per heavy atom. The molecule has 1 heterocycles. The summed E-state index contributed by atoms with van der Waals surface area (Å²) in [7, 11) is 2.98. The molecule has 0 fully saturated rings. The Hall–Kier alpha value is -2.63. The number of furan rings is 1. The second kappa shape index (κ2) is 7.72. The minimum Gasteiger partial charge on any atom is -0.495 e. The third-order valence-corrected chi connectivity index (χ3v) is 4.23. The molecule has 0 atom stereocenters. The lowest BCUT2D eigenvalue weighted by Gasteiger charge is -2.12. The van der Waals surface area contributed by atoms with Crippen molar-refractivity contribution < 1.29 is 18.7 Å². The number of ether oxygens (including phenoxy) is 2. The normalized spacial score (nSPS) is 10.5. The topological polar surface area (TPSA) is 60.7 Å². The minimum atomic E-state index is -0.423. The summed E-state index contributed by atoms with van der Waals surface area (Å²) < 4.78 is 16.1. The first-order valence-corrected chi connectivity index (χ1v) is 8.36. The van der Waals surface area contributed by atoms with E-state index in [-0.39, 0.29) is 5.76 Å². The predicted octanol–water partition coefficient (Wildman–Crippen LogP) is 5.52. The molecule has 134 valence electrons. The van der Waals surface area contributed by atoms with Crippen LogP contribution in [0.15, 0.2) is 52.9 Å². The molecule has 0 saturated carbocycles. The van der Waals surface area contributed by atoms with Crippen molar-refractivity contribution in [2.24, 2.45) is 0 Å². The Bertz CT molecular complexity index is 935. The molecular formula is C19H15Cl2NO4. The van der Waals surface area contributed by atoms with Gasteiger partial charge in [-0.2, -0.15) is 0 Å². The molecule has 1 N–H and O–H groups in total. The van der Waals surface area contributed by atoms with E-state index in [0.717, 1.165) is 5.56 Å². The summed E-state index contributed by atoms with van der Waals surface area (Å²) in [5.74, 6) is 1.13. The van der Waals surface area contributed by atoms with E-state index in [9.17, 15) is 4.79 Å². The lowest BCUT2D eigenvalue weighted by atomic mass is 10.2. The minimum absolute atomic E-state index is 0.158. The van der Waals surface area contributed by atoms with Crippen LogP contribution in [0.1, 0.15) is 10.6 Å². The summed E-state index contributed by atoms with van der Waals surface area (Å²) in [6.45, 7) is 0. The zero-order valence-electron chi connectivity index (χ0n) is 14.0. The van der Waals surface area contributed by atoms with E-state index in [4.69, 9.17) is 37.1 Å². The van der Waals surface area contributed by atoms with Gasteiger partial charge in [0.05, 0.1) is 24.9 Å². The highest BCUT2D eigenvalue weighted by Gasteiger charge is 2.16. The van der Waals surface area contributed by atoms with E-state index >= 15 is 0 Å². The Balaban J connectivity index is 1.84. The number of anilines is 1. The third kappa shape index (κ3) is 3.79. The van der Waals surface area contributed by atoms with Crippen LogP contribution in [0.25, 0.3) is 11.3 Å². The maximum absolute atomic E-state index is 12.5. The standard InChI is InChI=1S/C19H15Cl2NO4/c1-24-17-10-14(18(25-2)9-13(17)21)22-19(23)16-8-7-15(26-16)11-3-5-12(20)6-4-11/h3-10H,1-2H3,(H,22,23). The number of carbonyl (C=O) groups excluding carboxylic acids is 1. The van der Waals surface area contributed by atoms with Crippen molar-refractivity contribution >= 4 is 34.8 Å². The molecule has 2 aromatic carbocycles. The summed E-state index contributed by atoms with van der Waals surface area (Å²) in [6.07, 6.45) is 0. The van der Waals surface area contributed by atoms with Crippen molar-refractivity contribution in [1.82, 2.24) is 0 Å². The smallest absolute Gasteiger partial charge is 0.291 e. The zero-order chi connectivity index (χ0) is 18.7. The molecule has 0 aliphatic heterocycles. The van der Waals surface area contributed by atoms with Gasteiger partial charge < -0.3 is 19.2 Å². The average molecular weight is 392 g/mol. The summed E-state index contributed by atoms with van der Waals surface area (Å²) in [4.78, 5) is 12.5. The number of carbonyl (C=O) groups is 1. The molecule has 0 unspecified atom stereocenters. The number of nitrogens with one attached hydrogen (secondary N) is 1. The van der Waals surface area contributed by atoms with Crippen LogP contribution in [0.4, 0.5) is 5.69 Å². The molecule has 3 rings (SSSR count). The van der Waals surface area contributed by atoms with Gasteiger partial charge in [0.25, 0.3) is 5.91 Å².